The van der Waals surface area contributed by atoms with Crippen LogP contribution in [0.1, 0.15) is 27.7 Å². The van der Waals surface area contributed by atoms with E-state index in [4.69, 9.17) is 4.74 Å². The highest BCUT2D eigenvalue weighted by molar-refractivity contribution is 5.88. The standard InChI is InChI=1S/C13H24N2O2/c1-11(2)9-12(16)14-10-13(3,4)15-5-7-17-8-6-15/h9H,5-8,10H2,1-4H3,(H,14,16). The molecule has 4 nitrogen and oxygen atoms in total. The van der Waals surface area contributed by atoms with Gasteiger partial charge in [-0.2, -0.15) is 0 Å². The maximum Gasteiger partial charge on any atom is 0.243 e. The first-order valence-corrected chi connectivity index (χ1v) is 6.17. The van der Waals surface area contributed by atoms with Gasteiger partial charge < -0.3 is 10.1 Å². The van der Waals surface area contributed by atoms with E-state index >= 15 is 0 Å². The summed E-state index contributed by atoms with van der Waals surface area (Å²) in [7, 11) is 0. The second-order valence-corrected chi connectivity index (χ2v) is 5.35. The minimum absolute atomic E-state index is 0.00802. The number of carbonyl (C=O) groups excluding carboxylic acids is 1. The largest absolute Gasteiger partial charge is 0.379 e. The number of carbonyl (C=O) groups is 1. The lowest BCUT2D eigenvalue weighted by molar-refractivity contribution is -0.117. The Morgan fingerprint density at radius 3 is 2.47 bits per heavy atom. The van der Waals surface area contributed by atoms with Gasteiger partial charge in [-0.05, 0) is 27.7 Å². The van der Waals surface area contributed by atoms with Crippen molar-refractivity contribution in [2.24, 2.45) is 0 Å². The van der Waals surface area contributed by atoms with Gasteiger partial charge in [-0.3, -0.25) is 9.69 Å². The second kappa shape index (κ2) is 6.17. The fourth-order valence-electron chi connectivity index (χ4n) is 1.90. The number of hydrogen-bond acceptors (Lipinski definition) is 3. The molecule has 0 unspecified atom stereocenters. The van der Waals surface area contributed by atoms with Crippen molar-refractivity contribution < 1.29 is 9.53 Å². The van der Waals surface area contributed by atoms with Gasteiger partial charge in [0.2, 0.25) is 5.91 Å². The highest BCUT2D eigenvalue weighted by atomic mass is 16.5. The highest BCUT2D eigenvalue weighted by Crippen LogP contribution is 2.14. The summed E-state index contributed by atoms with van der Waals surface area (Å²) in [4.78, 5) is 13.9. The van der Waals surface area contributed by atoms with Crippen LogP contribution in [-0.2, 0) is 9.53 Å². The van der Waals surface area contributed by atoms with Crippen LogP contribution < -0.4 is 5.32 Å². The zero-order valence-electron chi connectivity index (χ0n) is 11.4. The zero-order valence-corrected chi connectivity index (χ0v) is 11.4. The number of ether oxygens (including phenoxy) is 1. The Morgan fingerprint density at radius 2 is 1.94 bits per heavy atom. The molecule has 4 heteroatoms. The molecule has 0 bridgehead atoms. The summed E-state index contributed by atoms with van der Waals surface area (Å²) in [6.45, 7) is 12.3. The summed E-state index contributed by atoms with van der Waals surface area (Å²) in [5, 5.41) is 2.95. The molecule has 0 atom stereocenters. The molecule has 1 rings (SSSR count). The Kier molecular flexibility index (Phi) is 5.15. The molecule has 0 radical (unpaired) electrons. The summed E-state index contributed by atoms with van der Waals surface area (Å²) >= 11 is 0. The summed E-state index contributed by atoms with van der Waals surface area (Å²) in [5.74, 6) is -0.00802. The zero-order chi connectivity index (χ0) is 12.9. The first-order chi connectivity index (χ1) is 7.92. The van der Waals surface area contributed by atoms with Crippen molar-refractivity contribution in [1.29, 1.82) is 0 Å². The Balaban J connectivity index is 2.43. The van der Waals surface area contributed by atoms with Crippen LogP contribution in [0.5, 0.6) is 0 Å². The van der Waals surface area contributed by atoms with E-state index in [0.717, 1.165) is 31.9 Å². The molecular formula is C13H24N2O2. The maximum atomic E-state index is 11.6. The first-order valence-electron chi connectivity index (χ1n) is 6.17. The highest BCUT2D eigenvalue weighted by Gasteiger charge is 2.28. The van der Waals surface area contributed by atoms with Crippen molar-refractivity contribution in [3.8, 4) is 0 Å². The van der Waals surface area contributed by atoms with Gasteiger partial charge in [-0.25, -0.2) is 0 Å². The number of morpholine rings is 1. The lowest BCUT2D eigenvalue weighted by Gasteiger charge is -2.40. The van der Waals surface area contributed by atoms with Crippen LogP contribution in [0, 0.1) is 0 Å². The fourth-order valence-corrected chi connectivity index (χ4v) is 1.90. The molecule has 0 saturated carbocycles. The molecule has 1 amide bonds. The van der Waals surface area contributed by atoms with Gasteiger partial charge in [0.25, 0.3) is 0 Å². The average molecular weight is 240 g/mol. The quantitative estimate of drug-likeness (QED) is 0.750. The monoisotopic (exact) mass is 240 g/mol. The molecule has 1 fully saturated rings. The molecule has 1 saturated heterocycles. The van der Waals surface area contributed by atoms with Crippen LogP contribution in [0.2, 0.25) is 0 Å². The molecule has 1 N–H and O–H groups in total. The number of rotatable bonds is 4. The van der Waals surface area contributed by atoms with Gasteiger partial charge in [0.1, 0.15) is 0 Å². The van der Waals surface area contributed by atoms with Crippen LogP contribution in [0.15, 0.2) is 11.6 Å². The van der Waals surface area contributed by atoms with Gasteiger partial charge in [0.15, 0.2) is 0 Å². The third-order valence-corrected chi connectivity index (χ3v) is 2.98. The minimum Gasteiger partial charge on any atom is -0.379 e. The van der Waals surface area contributed by atoms with E-state index in [1.54, 1.807) is 6.08 Å². The van der Waals surface area contributed by atoms with E-state index < -0.39 is 0 Å². The Bertz CT molecular complexity index is 288. The van der Waals surface area contributed by atoms with E-state index in [-0.39, 0.29) is 11.4 Å². The van der Waals surface area contributed by atoms with Gasteiger partial charge in [-0.15, -0.1) is 0 Å². The molecular weight excluding hydrogens is 216 g/mol. The van der Waals surface area contributed by atoms with Crippen molar-refractivity contribution in [3.05, 3.63) is 11.6 Å². The van der Waals surface area contributed by atoms with E-state index in [1.807, 2.05) is 13.8 Å². The second-order valence-electron chi connectivity index (χ2n) is 5.35. The third kappa shape index (κ3) is 4.88. The molecule has 17 heavy (non-hydrogen) atoms. The van der Waals surface area contributed by atoms with Gasteiger partial charge in [0.05, 0.1) is 13.2 Å². The Hall–Kier alpha value is -0.870. The van der Waals surface area contributed by atoms with Gasteiger partial charge in [-0.1, -0.05) is 5.57 Å². The molecule has 1 heterocycles. The van der Waals surface area contributed by atoms with Crippen LogP contribution in [0.4, 0.5) is 0 Å². The van der Waals surface area contributed by atoms with E-state index in [2.05, 4.69) is 24.1 Å². The molecule has 0 aromatic rings. The van der Waals surface area contributed by atoms with E-state index in [1.165, 1.54) is 0 Å². The molecule has 1 aliphatic rings. The van der Waals surface area contributed by atoms with Gasteiger partial charge >= 0.3 is 0 Å². The van der Waals surface area contributed by atoms with Crippen molar-refractivity contribution in [3.63, 3.8) is 0 Å². The molecule has 0 aromatic heterocycles. The Labute approximate surface area is 104 Å². The number of allylic oxidation sites excluding steroid dienone is 1. The van der Waals surface area contributed by atoms with Crippen molar-refractivity contribution in [2.75, 3.05) is 32.8 Å². The number of nitrogens with one attached hydrogen (secondary N) is 1. The topological polar surface area (TPSA) is 41.6 Å². The number of nitrogens with zero attached hydrogens (tertiary/aromatic N) is 1. The van der Waals surface area contributed by atoms with E-state index in [9.17, 15) is 4.79 Å². The van der Waals surface area contributed by atoms with Gasteiger partial charge in [0, 0.05) is 31.2 Å². The molecule has 0 aliphatic carbocycles. The first kappa shape index (κ1) is 14.2. The SMILES string of the molecule is CC(C)=CC(=O)NCC(C)(C)N1CCOCC1. The molecule has 98 valence electrons. The lowest BCUT2D eigenvalue weighted by atomic mass is 10.0. The summed E-state index contributed by atoms with van der Waals surface area (Å²) in [5.41, 5.74) is 1.00. The Morgan fingerprint density at radius 1 is 1.35 bits per heavy atom. The summed E-state index contributed by atoms with van der Waals surface area (Å²) < 4.78 is 5.33. The average Bonchev–Trinajstić information content (AvgIpc) is 2.27. The van der Waals surface area contributed by atoms with Crippen LogP contribution in [0.3, 0.4) is 0 Å². The van der Waals surface area contributed by atoms with Crippen LogP contribution in [-0.4, -0.2) is 49.2 Å². The third-order valence-electron chi connectivity index (χ3n) is 2.98. The predicted molar refractivity (Wildman–Crippen MR) is 68.9 cm³/mol. The summed E-state index contributed by atoms with van der Waals surface area (Å²) in [6, 6.07) is 0. The smallest absolute Gasteiger partial charge is 0.243 e. The minimum atomic E-state index is -0.0189. The van der Waals surface area contributed by atoms with Crippen molar-refractivity contribution >= 4 is 5.91 Å². The molecule has 0 aromatic carbocycles. The van der Waals surface area contributed by atoms with E-state index in [0.29, 0.717) is 6.54 Å². The lowest BCUT2D eigenvalue weighted by Crippen LogP contribution is -2.55. The predicted octanol–water partition coefficient (Wildman–Crippen LogP) is 1.18. The molecule has 1 aliphatic heterocycles. The molecule has 0 spiro atoms. The van der Waals surface area contributed by atoms with Crippen LogP contribution in [0.25, 0.3) is 0 Å². The summed E-state index contributed by atoms with van der Waals surface area (Å²) in [6.07, 6.45) is 1.63. The number of hydrogen-bond donors (Lipinski definition) is 1. The van der Waals surface area contributed by atoms with Crippen molar-refractivity contribution in [1.82, 2.24) is 10.2 Å². The van der Waals surface area contributed by atoms with Crippen molar-refractivity contribution in [2.45, 2.75) is 33.2 Å². The normalized spacial score (nSPS) is 17.6. The fraction of sp³-hybridized carbons (Fsp3) is 0.769. The number of amides is 1. The maximum absolute atomic E-state index is 11.6. The van der Waals surface area contributed by atoms with Crippen LogP contribution >= 0.6 is 0 Å².